The maximum absolute atomic E-state index is 10.9. The third-order valence-electron chi connectivity index (χ3n) is 3.83. The van der Waals surface area contributed by atoms with E-state index in [9.17, 15) is 4.79 Å². The summed E-state index contributed by atoms with van der Waals surface area (Å²) in [5, 5.41) is 12.1. The molecule has 2 N–H and O–H groups in total. The van der Waals surface area contributed by atoms with Crippen LogP contribution < -0.4 is 10.1 Å². The van der Waals surface area contributed by atoms with Gasteiger partial charge in [-0.2, -0.15) is 0 Å². The smallest absolute Gasteiger partial charge is 0.354 e. The fourth-order valence-electron chi connectivity index (χ4n) is 2.65. The highest BCUT2D eigenvalue weighted by Gasteiger charge is 2.17. The number of carboxylic acids is 1. The number of anilines is 1. The normalized spacial score (nSPS) is 14.6. The van der Waals surface area contributed by atoms with Crippen molar-refractivity contribution in [3.63, 3.8) is 0 Å². The van der Waals surface area contributed by atoms with Gasteiger partial charge in [-0.15, -0.1) is 0 Å². The Labute approximate surface area is 134 Å². The van der Waals surface area contributed by atoms with Crippen LogP contribution >= 0.6 is 0 Å². The summed E-state index contributed by atoms with van der Waals surface area (Å²) in [5.74, 6) is 0.133. The Kier molecular flexibility index (Phi) is 4.71. The van der Waals surface area contributed by atoms with E-state index in [1.807, 2.05) is 12.1 Å². The molecule has 1 fully saturated rings. The molecule has 6 nitrogen and oxygen atoms in total. The molecule has 2 aromatic rings. The Balaban J connectivity index is 1.61. The summed E-state index contributed by atoms with van der Waals surface area (Å²) in [7, 11) is 0. The standard InChI is InChI=1S/C17H19N3O3/c21-17(22)14-6-3-7-15(20-14)19-11-12-8-9-18-16(10-12)23-13-4-1-2-5-13/h3,6-10,13H,1-2,4-5,11H2,(H,19,20)(H,21,22). The van der Waals surface area contributed by atoms with E-state index in [0.29, 0.717) is 18.2 Å². The molecule has 0 bridgehead atoms. The van der Waals surface area contributed by atoms with E-state index in [4.69, 9.17) is 9.84 Å². The number of nitrogens with one attached hydrogen (secondary N) is 1. The summed E-state index contributed by atoms with van der Waals surface area (Å²) in [6, 6.07) is 8.68. The molecule has 3 rings (SSSR count). The number of aromatic nitrogens is 2. The Morgan fingerprint density at radius 3 is 2.91 bits per heavy atom. The number of aromatic carboxylic acids is 1. The van der Waals surface area contributed by atoms with E-state index in [-0.39, 0.29) is 11.8 Å². The van der Waals surface area contributed by atoms with Crippen molar-refractivity contribution in [2.24, 2.45) is 0 Å². The van der Waals surface area contributed by atoms with Crippen molar-refractivity contribution in [2.75, 3.05) is 5.32 Å². The van der Waals surface area contributed by atoms with Gasteiger partial charge in [-0.25, -0.2) is 14.8 Å². The van der Waals surface area contributed by atoms with Gasteiger partial charge in [-0.1, -0.05) is 6.07 Å². The van der Waals surface area contributed by atoms with Crippen molar-refractivity contribution >= 4 is 11.8 Å². The Hall–Kier alpha value is -2.63. The molecule has 0 unspecified atom stereocenters. The lowest BCUT2D eigenvalue weighted by atomic mass is 10.2. The minimum absolute atomic E-state index is 0.0231. The van der Waals surface area contributed by atoms with E-state index < -0.39 is 5.97 Å². The molecule has 2 heterocycles. The van der Waals surface area contributed by atoms with E-state index in [0.717, 1.165) is 18.4 Å². The van der Waals surface area contributed by atoms with Crippen LogP contribution in [0.15, 0.2) is 36.5 Å². The average molecular weight is 313 g/mol. The van der Waals surface area contributed by atoms with Gasteiger partial charge in [-0.3, -0.25) is 0 Å². The molecule has 120 valence electrons. The monoisotopic (exact) mass is 313 g/mol. The van der Waals surface area contributed by atoms with Crippen LogP contribution in [0.5, 0.6) is 5.88 Å². The topological polar surface area (TPSA) is 84.3 Å². The minimum atomic E-state index is -1.04. The van der Waals surface area contributed by atoms with Crippen molar-refractivity contribution in [2.45, 2.75) is 38.3 Å². The van der Waals surface area contributed by atoms with Crippen molar-refractivity contribution in [3.8, 4) is 5.88 Å². The Bertz CT molecular complexity index is 684. The highest BCUT2D eigenvalue weighted by atomic mass is 16.5. The van der Waals surface area contributed by atoms with Gasteiger partial charge in [0.25, 0.3) is 0 Å². The van der Waals surface area contributed by atoms with Gasteiger partial charge in [-0.05, 0) is 49.4 Å². The van der Waals surface area contributed by atoms with Gasteiger partial charge in [0, 0.05) is 18.8 Å². The number of hydrogen-bond acceptors (Lipinski definition) is 5. The molecule has 1 aliphatic carbocycles. The molecule has 2 aromatic heterocycles. The van der Waals surface area contributed by atoms with Crippen LogP contribution in [0.25, 0.3) is 0 Å². The SMILES string of the molecule is O=C(O)c1cccc(NCc2ccnc(OC3CCCC3)c2)n1. The summed E-state index contributed by atoms with van der Waals surface area (Å²) in [5.41, 5.74) is 1.03. The quantitative estimate of drug-likeness (QED) is 0.852. The van der Waals surface area contributed by atoms with Crippen molar-refractivity contribution in [1.29, 1.82) is 0 Å². The van der Waals surface area contributed by atoms with Crippen LogP contribution in [-0.4, -0.2) is 27.1 Å². The zero-order valence-corrected chi connectivity index (χ0v) is 12.7. The summed E-state index contributed by atoms with van der Waals surface area (Å²) in [4.78, 5) is 19.2. The van der Waals surface area contributed by atoms with E-state index >= 15 is 0 Å². The van der Waals surface area contributed by atoms with Crippen molar-refractivity contribution < 1.29 is 14.6 Å². The Morgan fingerprint density at radius 1 is 1.30 bits per heavy atom. The zero-order chi connectivity index (χ0) is 16.1. The summed E-state index contributed by atoms with van der Waals surface area (Å²) < 4.78 is 5.89. The summed E-state index contributed by atoms with van der Waals surface area (Å²) in [6.07, 6.45) is 6.63. The lowest BCUT2D eigenvalue weighted by Crippen LogP contribution is -2.12. The molecule has 0 amide bonds. The van der Waals surface area contributed by atoms with Gasteiger partial charge < -0.3 is 15.2 Å². The molecule has 0 radical (unpaired) electrons. The molecule has 0 aromatic carbocycles. The third kappa shape index (κ3) is 4.18. The Morgan fingerprint density at radius 2 is 2.13 bits per heavy atom. The molecule has 0 atom stereocenters. The largest absolute Gasteiger partial charge is 0.477 e. The molecule has 0 spiro atoms. The molecule has 23 heavy (non-hydrogen) atoms. The molecule has 0 aliphatic heterocycles. The number of ether oxygens (including phenoxy) is 1. The van der Waals surface area contributed by atoms with Gasteiger partial charge in [0.15, 0.2) is 5.69 Å². The fourth-order valence-corrected chi connectivity index (χ4v) is 2.65. The fraction of sp³-hybridized carbons (Fsp3) is 0.353. The first-order valence-electron chi connectivity index (χ1n) is 7.76. The highest BCUT2D eigenvalue weighted by molar-refractivity contribution is 5.85. The summed E-state index contributed by atoms with van der Waals surface area (Å²) in [6.45, 7) is 0.527. The average Bonchev–Trinajstić information content (AvgIpc) is 3.06. The van der Waals surface area contributed by atoms with Crippen LogP contribution in [0.4, 0.5) is 5.82 Å². The van der Waals surface area contributed by atoms with E-state index in [2.05, 4.69) is 15.3 Å². The molecule has 0 saturated heterocycles. The lowest BCUT2D eigenvalue weighted by Gasteiger charge is -2.13. The lowest BCUT2D eigenvalue weighted by molar-refractivity contribution is 0.0690. The van der Waals surface area contributed by atoms with Crippen molar-refractivity contribution in [3.05, 3.63) is 47.8 Å². The van der Waals surface area contributed by atoms with E-state index in [1.165, 1.54) is 18.9 Å². The van der Waals surface area contributed by atoms with Gasteiger partial charge in [0.1, 0.15) is 11.9 Å². The number of nitrogens with zero attached hydrogens (tertiary/aromatic N) is 2. The predicted octanol–water partition coefficient (Wildman–Crippen LogP) is 3.11. The highest BCUT2D eigenvalue weighted by Crippen LogP contribution is 2.23. The van der Waals surface area contributed by atoms with E-state index in [1.54, 1.807) is 18.3 Å². The zero-order valence-electron chi connectivity index (χ0n) is 12.7. The number of pyridine rings is 2. The first-order chi connectivity index (χ1) is 11.2. The number of hydrogen-bond donors (Lipinski definition) is 2. The molecular weight excluding hydrogens is 294 g/mol. The van der Waals surface area contributed by atoms with Gasteiger partial charge in [0.2, 0.25) is 5.88 Å². The second kappa shape index (κ2) is 7.09. The summed E-state index contributed by atoms with van der Waals surface area (Å²) >= 11 is 0. The number of carbonyl (C=O) groups is 1. The van der Waals surface area contributed by atoms with Gasteiger partial charge in [0.05, 0.1) is 0 Å². The molecule has 1 saturated carbocycles. The van der Waals surface area contributed by atoms with Crippen LogP contribution in [0.1, 0.15) is 41.7 Å². The van der Waals surface area contributed by atoms with Crippen LogP contribution in [0.2, 0.25) is 0 Å². The van der Waals surface area contributed by atoms with Crippen molar-refractivity contribution in [1.82, 2.24) is 9.97 Å². The first-order valence-corrected chi connectivity index (χ1v) is 7.76. The predicted molar refractivity (Wildman–Crippen MR) is 85.6 cm³/mol. The van der Waals surface area contributed by atoms with Gasteiger partial charge >= 0.3 is 5.97 Å². The number of carboxylic acid groups (broad SMARTS) is 1. The third-order valence-corrected chi connectivity index (χ3v) is 3.83. The van der Waals surface area contributed by atoms with Crippen LogP contribution in [0.3, 0.4) is 0 Å². The second-order valence-electron chi connectivity index (χ2n) is 5.59. The molecular formula is C17H19N3O3. The second-order valence-corrected chi connectivity index (χ2v) is 5.59. The van der Waals surface area contributed by atoms with Crippen LogP contribution in [-0.2, 0) is 6.54 Å². The minimum Gasteiger partial charge on any atom is -0.477 e. The maximum Gasteiger partial charge on any atom is 0.354 e. The van der Waals surface area contributed by atoms with Crippen LogP contribution in [0, 0.1) is 0 Å². The maximum atomic E-state index is 10.9. The number of rotatable bonds is 6. The molecule has 1 aliphatic rings. The first kappa shape index (κ1) is 15.3. The molecule has 6 heteroatoms.